The molecule has 2 aliphatic carbocycles. The highest BCUT2D eigenvalue weighted by molar-refractivity contribution is 6.53. The van der Waals surface area contributed by atoms with Crippen molar-refractivity contribution in [2.24, 2.45) is 10.8 Å². The first-order valence-corrected chi connectivity index (χ1v) is 15.5. The number of carbonyl (C=O) groups is 6. The van der Waals surface area contributed by atoms with E-state index in [4.69, 9.17) is 0 Å². The zero-order chi connectivity index (χ0) is 33.7. The zero-order valence-electron chi connectivity index (χ0n) is 26.0. The largest absolute Gasteiger partial charge is 0.481 e. The fourth-order valence-corrected chi connectivity index (χ4v) is 7.19. The molecule has 2 aliphatic rings. The molecule has 0 spiro atoms. The van der Waals surface area contributed by atoms with E-state index in [9.17, 15) is 39.0 Å². The minimum absolute atomic E-state index is 0.00690. The van der Waals surface area contributed by atoms with Crippen LogP contribution < -0.4 is 0 Å². The van der Waals surface area contributed by atoms with E-state index >= 15 is 0 Å². The first kappa shape index (κ1) is 31.5. The summed E-state index contributed by atoms with van der Waals surface area (Å²) >= 11 is 0. The Bertz CT molecular complexity index is 1910. The standard InChI is InChI=1S/C39H32O8/c1-3-38(2,36(44)45)39(37(46)47,18-16-22-12-14-28-30(20-22)24-8-4-6-10-26(24)32(40)34(28)42)19-17-23-13-15-29-31(21-23)25-9-5-7-11-27(25)33(41)35(29)43/h4-15,20-21H,3,16-19H2,1-2H3,(H,44,45)(H,46,47). The van der Waals surface area contributed by atoms with Crippen molar-refractivity contribution in [3.05, 3.63) is 118 Å². The summed E-state index contributed by atoms with van der Waals surface area (Å²) in [4.78, 5) is 77.1. The van der Waals surface area contributed by atoms with Gasteiger partial charge in [0.05, 0.1) is 10.8 Å². The van der Waals surface area contributed by atoms with E-state index in [-0.39, 0.29) is 43.2 Å². The molecule has 0 fully saturated rings. The van der Waals surface area contributed by atoms with Crippen molar-refractivity contribution in [3.63, 3.8) is 0 Å². The van der Waals surface area contributed by atoms with Crippen molar-refractivity contribution in [2.75, 3.05) is 0 Å². The first-order chi connectivity index (χ1) is 22.4. The maximum atomic E-state index is 13.3. The van der Waals surface area contributed by atoms with Crippen LogP contribution in [-0.4, -0.2) is 45.3 Å². The van der Waals surface area contributed by atoms with Gasteiger partial charge in [0.1, 0.15) is 0 Å². The van der Waals surface area contributed by atoms with Gasteiger partial charge in [-0.15, -0.1) is 0 Å². The Labute approximate surface area is 271 Å². The van der Waals surface area contributed by atoms with Crippen molar-refractivity contribution < 1.29 is 39.0 Å². The number of hydrogen-bond acceptors (Lipinski definition) is 6. The zero-order valence-corrected chi connectivity index (χ0v) is 26.0. The minimum Gasteiger partial charge on any atom is -0.481 e. The van der Waals surface area contributed by atoms with Gasteiger partial charge >= 0.3 is 11.9 Å². The predicted octanol–water partition coefficient (Wildman–Crippen LogP) is 6.92. The van der Waals surface area contributed by atoms with E-state index < -0.39 is 45.9 Å². The maximum absolute atomic E-state index is 13.3. The van der Waals surface area contributed by atoms with Crippen molar-refractivity contribution in [3.8, 4) is 22.3 Å². The maximum Gasteiger partial charge on any atom is 0.310 e. The fourth-order valence-electron chi connectivity index (χ4n) is 7.19. The molecule has 236 valence electrons. The molecule has 4 aromatic carbocycles. The van der Waals surface area contributed by atoms with Crippen LogP contribution in [0.4, 0.5) is 0 Å². The molecule has 0 heterocycles. The van der Waals surface area contributed by atoms with Gasteiger partial charge in [0, 0.05) is 22.3 Å². The molecular weight excluding hydrogens is 596 g/mol. The summed E-state index contributed by atoms with van der Waals surface area (Å²) in [6, 6.07) is 23.8. The summed E-state index contributed by atoms with van der Waals surface area (Å²) in [5.74, 6) is -4.80. The molecule has 2 N–H and O–H groups in total. The Morgan fingerprint density at radius 1 is 0.532 bits per heavy atom. The Kier molecular flexibility index (Phi) is 7.83. The number of carboxylic acid groups (broad SMARTS) is 2. The third-order valence-corrected chi connectivity index (χ3v) is 10.3. The molecule has 0 aliphatic heterocycles. The van der Waals surface area contributed by atoms with Crippen LogP contribution in [0, 0.1) is 10.8 Å². The van der Waals surface area contributed by atoms with E-state index in [1.807, 2.05) is 0 Å². The number of carboxylic acids is 2. The molecular formula is C39H32O8. The molecule has 1 atom stereocenters. The van der Waals surface area contributed by atoms with Crippen LogP contribution in [0.3, 0.4) is 0 Å². The quantitative estimate of drug-likeness (QED) is 0.180. The molecule has 8 heteroatoms. The average Bonchev–Trinajstić information content (AvgIpc) is 3.09. The van der Waals surface area contributed by atoms with Crippen molar-refractivity contribution >= 4 is 35.1 Å². The number of rotatable bonds is 10. The second kappa shape index (κ2) is 11.7. The molecule has 4 aromatic rings. The lowest BCUT2D eigenvalue weighted by Crippen LogP contribution is -2.51. The molecule has 0 amide bonds. The molecule has 0 radical (unpaired) electrons. The van der Waals surface area contributed by atoms with Gasteiger partial charge < -0.3 is 10.2 Å². The molecule has 47 heavy (non-hydrogen) atoms. The molecule has 0 saturated heterocycles. The Morgan fingerprint density at radius 3 is 1.23 bits per heavy atom. The van der Waals surface area contributed by atoms with Crippen LogP contribution in [-0.2, 0) is 22.4 Å². The number of hydrogen-bond donors (Lipinski definition) is 2. The third-order valence-electron chi connectivity index (χ3n) is 10.3. The van der Waals surface area contributed by atoms with Crippen molar-refractivity contribution in [2.45, 2.75) is 46.0 Å². The van der Waals surface area contributed by atoms with E-state index in [0.717, 1.165) is 0 Å². The number of benzene rings is 4. The molecule has 6 rings (SSSR count). The third kappa shape index (κ3) is 4.92. The first-order valence-electron chi connectivity index (χ1n) is 15.5. The summed E-state index contributed by atoms with van der Waals surface area (Å²) in [5.41, 5.74) is 1.68. The second-order valence-electron chi connectivity index (χ2n) is 12.5. The van der Waals surface area contributed by atoms with Crippen LogP contribution in [0.15, 0.2) is 84.9 Å². The van der Waals surface area contributed by atoms with Crippen LogP contribution in [0.25, 0.3) is 22.3 Å². The molecule has 1 unspecified atom stereocenters. The molecule has 0 aromatic heterocycles. The SMILES string of the molecule is CCC(C)(C(=O)O)C(CCc1ccc2c(c1)-c1ccccc1C(=O)C2=O)(CCc1ccc2c(c1)-c1ccccc1C(=O)C2=O)C(=O)O. The Morgan fingerprint density at radius 2 is 0.894 bits per heavy atom. The summed E-state index contributed by atoms with van der Waals surface area (Å²) < 4.78 is 0. The smallest absolute Gasteiger partial charge is 0.310 e. The second-order valence-corrected chi connectivity index (χ2v) is 12.5. The number of ketones is 4. The highest BCUT2D eigenvalue weighted by atomic mass is 16.4. The monoisotopic (exact) mass is 628 g/mol. The van der Waals surface area contributed by atoms with Gasteiger partial charge in [-0.2, -0.15) is 0 Å². The summed E-state index contributed by atoms with van der Waals surface area (Å²) in [6.07, 6.45) is 0.471. The lowest BCUT2D eigenvalue weighted by molar-refractivity contribution is -0.175. The van der Waals surface area contributed by atoms with Gasteiger partial charge in [-0.3, -0.25) is 28.8 Å². The topological polar surface area (TPSA) is 143 Å². The highest BCUT2D eigenvalue weighted by Crippen LogP contribution is 2.50. The number of carbonyl (C=O) groups excluding carboxylic acids is 4. The van der Waals surface area contributed by atoms with Gasteiger partial charge in [0.15, 0.2) is 0 Å². The molecule has 0 saturated carbocycles. The summed E-state index contributed by atoms with van der Waals surface area (Å²) in [7, 11) is 0. The number of Topliss-reactive ketones (excluding diaryl/α,β-unsaturated/α-hetero) is 4. The predicted molar refractivity (Wildman–Crippen MR) is 174 cm³/mol. The number of fused-ring (bicyclic) bond motifs is 6. The van der Waals surface area contributed by atoms with Gasteiger partial charge in [-0.1, -0.05) is 91.9 Å². The van der Waals surface area contributed by atoms with Crippen LogP contribution >= 0.6 is 0 Å². The molecule has 8 nitrogen and oxygen atoms in total. The van der Waals surface area contributed by atoms with Crippen molar-refractivity contribution in [1.82, 2.24) is 0 Å². The minimum atomic E-state index is -1.70. The summed E-state index contributed by atoms with van der Waals surface area (Å²) in [6.45, 7) is 3.15. The Balaban J connectivity index is 1.35. The Hall–Kier alpha value is -5.50. The van der Waals surface area contributed by atoms with Crippen molar-refractivity contribution in [1.29, 1.82) is 0 Å². The van der Waals surface area contributed by atoms with Gasteiger partial charge in [0.25, 0.3) is 0 Å². The van der Waals surface area contributed by atoms with E-state index in [1.165, 1.54) is 6.92 Å². The lowest BCUT2D eigenvalue weighted by Gasteiger charge is -2.43. The molecule has 0 bridgehead atoms. The van der Waals surface area contributed by atoms with Gasteiger partial charge in [0.2, 0.25) is 23.1 Å². The van der Waals surface area contributed by atoms with Crippen LogP contribution in [0.2, 0.25) is 0 Å². The van der Waals surface area contributed by atoms with Gasteiger partial charge in [-0.05, 0) is 72.4 Å². The van der Waals surface area contributed by atoms with Crippen LogP contribution in [0.5, 0.6) is 0 Å². The number of aliphatic carboxylic acids is 2. The fraction of sp³-hybridized carbons (Fsp3) is 0.231. The van der Waals surface area contributed by atoms with Crippen LogP contribution in [0.1, 0.15) is 85.7 Å². The summed E-state index contributed by atoms with van der Waals surface area (Å²) in [5, 5.41) is 21.3. The lowest BCUT2D eigenvalue weighted by atomic mass is 9.58. The average molecular weight is 629 g/mol. The van der Waals surface area contributed by atoms with Gasteiger partial charge in [-0.25, -0.2) is 0 Å². The highest BCUT2D eigenvalue weighted by Gasteiger charge is 2.56. The van der Waals surface area contributed by atoms with E-state index in [1.54, 1.807) is 91.9 Å². The number of aryl methyl sites for hydroxylation is 2. The normalized spacial score (nSPS) is 14.9. The van der Waals surface area contributed by atoms with E-state index in [2.05, 4.69) is 0 Å². The van der Waals surface area contributed by atoms with E-state index in [0.29, 0.717) is 44.5 Å².